The van der Waals surface area contributed by atoms with Crippen molar-refractivity contribution in [3.8, 4) is 0 Å². The van der Waals surface area contributed by atoms with Crippen molar-refractivity contribution >= 4 is 28.2 Å². The molecule has 3 heteroatoms. The largest absolute Gasteiger partial charge is 0.377 e. The van der Waals surface area contributed by atoms with Crippen molar-refractivity contribution in [2.75, 3.05) is 5.32 Å². The van der Waals surface area contributed by atoms with Gasteiger partial charge in [-0.05, 0) is 48.1 Å². The Kier molecular flexibility index (Phi) is 3.04. The minimum atomic E-state index is 0.297. The summed E-state index contributed by atoms with van der Waals surface area (Å²) in [4.78, 5) is 3.43. The van der Waals surface area contributed by atoms with Crippen molar-refractivity contribution < 1.29 is 0 Å². The lowest BCUT2D eigenvalue weighted by Gasteiger charge is -2.38. The van der Waals surface area contributed by atoms with E-state index in [0.717, 1.165) is 17.0 Å². The number of aromatic amines is 1. The van der Waals surface area contributed by atoms with Crippen LogP contribution in [-0.4, -0.2) is 4.98 Å². The van der Waals surface area contributed by atoms with Crippen LogP contribution < -0.4 is 5.32 Å². The van der Waals surface area contributed by atoms with Crippen LogP contribution in [0.15, 0.2) is 54.7 Å². The van der Waals surface area contributed by atoms with Gasteiger partial charge in [0.05, 0.1) is 6.04 Å². The van der Waals surface area contributed by atoms with Gasteiger partial charge >= 0.3 is 0 Å². The number of H-pyrrole nitrogens is 1. The molecule has 2 N–H and O–H groups in total. The molecule has 0 amide bonds. The number of benzene rings is 2. The third-order valence-electron chi connectivity index (χ3n) is 5.69. The van der Waals surface area contributed by atoms with E-state index in [1.165, 1.54) is 27.7 Å². The topological polar surface area (TPSA) is 27.8 Å². The normalized spacial score (nSPS) is 24.7. The van der Waals surface area contributed by atoms with Crippen LogP contribution in [0.5, 0.6) is 0 Å². The standard InChI is InChI=1S/C21H19ClN2/c1-12-18(22)10-9-16-13-6-4-7-15(13)21(24-20(12)16)17-11-23-19-8-3-2-5-14(17)19/h2-6,8-11,13,15,21,23-24H,7H2,1H3. The Morgan fingerprint density at radius 3 is 2.88 bits per heavy atom. The summed E-state index contributed by atoms with van der Waals surface area (Å²) in [7, 11) is 0. The summed E-state index contributed by atoms with van der Waals surface area (Å²) in [6.45, 7) is 2.11. The highest BCUT2D eigenvalue weighted by atomic mass is 35.5. The molecule has 120 valence electrons. The van der Waals surface area contributed by atoms with Crippen LogP contribution in [0.1, 0.15) is 35.1 Å². The second kappa shape index (κ2) is 5.15. The molecule has 0 bridgehead atoms. The molecule has 2 heterocycles. The molecule has 0 saturated heterocycles. The first-order chi connectivity index (χ1) is 11.7. The van der Waals surface area contributed by atoms with Crippen LogP contribution in [0, 0.1) is 12.8 Å². The molecule has 0 fully saturated rings. The van der Waals surface area contributed by atoms with E-state index in [1.807, 2.05) is 6.07 Å². The lowest BCUT2D eigenvalue weighted by Crippen LogP contribution is -2.29. The van der Waals surface area contributed by atoms with Gasteiger partial charge in [0.1, 0.15) is 0 Å². The number of allylic oxidation sites excluding steroid dienone is 2. The molecular formula is C21H19ClN2. The second-order valence-electron chi connectivity index (χ2n) is 6.90. The molecule has 1 aliphatic carbocycles. The summed E-state index contributed by atoms with van der Waals surface area (Å²) < 4.78 is 0. The van der Waals surface area contributed by atoms with E-state index in [0.29, 0.717) is 17.9 Å². The van der Waals surface area contributed by atoms with Crippen LogP contribution in [0.3, 0.4) is 0 Å². The van der Waals surface area contributed by atoms with Crippen LogP contribution in [-0.2, 0) is 0 Å². The minimum absolute atomic E-state index is 0.297. The number of anilines is 1. The fraction of sp³-hybridized carbons (Fsp3) is 0.238. The second-order valence-corrected chi connectivity index (χ2v) is 7.31. The average molecular weight is 335 g/mol. The highest BCUT2D eigenvalue weighted by molar-refractivity contribution is 6.31. The molecular weight excluding hydrogens is 316 g/mol. The first-order valence-electron chi connectivity index (χ1n) is 8.52. The van der Waals surface area contributed by atoms with Crippen molar-refractivity contribution in [2.24, 2.45) is 5.92 Å². The van der Waals surface area contributed by atoms with Crippen molar-refractivity contribution in [3.63, 3.8) is 0 Å². The Labute approximate surface area is 146 Å². The summed E-state index contributed by atoms with van der Waals surface area (Å²) in [6.07, 6.45) is 7.99. The zero-order valence-corrected chi connectivity index (χ0v) is 14.3. The molecule has 3 unspecified atom stereocenters. The molecule has 2 aliphatic rings. The fourth-order valence-corrected chi connectivity index (χ4v) is 4.61. The number of halogens is 1. The molecule has 2 nitrogen and oxygen atoms in total. The first kappa shape index (κ1) is 14.2. The quantitative estimate of drug-likeness (QED) is 0.528. The van der Waals surface area contributed by atoms with E-state index in [9.17, 15) is 0 Å². The molecule has 3 atom stereocenters. The van der Waals surface area contributed by atoms with E-state index >= 15 is 0 Å². The molecule has 0 spiro atoms. The van der Waals surface area contributed by atoms with Crippen molar-refractivity contribution in [1.82, 2.24) is 4.98 Å². The van der Waals surface area contributed by atoms with Gasteiger partial charge in [0.2, 0.25) is 0 Å². The van der Waals surface area contributed by atoms with Crippen LogP contribution >= 0.6 is 11.6 Å². The molecule has 2 aromatic carbocycles. The smallest absolute Gasteiger partial charge is 0.0575 e. The highest BCUT2D eigenvalue weighted by Crippen LogP contribution is 2.52. The Hall–Kier alpha value is -2.19. The SMILES string of the molecule is Cc1c(Cl)ccc2c1NC(c1c[nH]c3ccccc13)C1CC=CC21. The van der Waals surface area contributed by atoms with Gasteiger partial charge in [-0.2, -0.15) is 0 Å². The monoisotopic (exact) mass is 334 g/mol. The highest BCUT2D eigenvalue weighted by Gasteiger charge is 2.39. The third kappa shape index (κ3) is 1.90. The predicted molar refractivity (Wildman–Crippen MR) is 101 cm³/mol. The van der Waals surface area contributed by atoms with Gasteiger partial charge in [-0.25, -0.2) is 0 Å². The number of fused-ring (bicyclic) bond motifs is 4. The van der Waals surface area contributed by atoms with Crippen LogP contribution in [0.2, 0.25) is 5.02 Å². The summed E-state index contributed by atoms with van der Waals surface area (Å²) in [5.74, 6) is 1.02. The number of rotatable bonds is 1. The van der Waals surface area contributed by atoms with E-state index < -0.39 is 0 Å². The zero-order valence-electron chi connectivity index (χ0n) is 13.5. The van der Waals surface area contributed by atoms with Gasteiger partial charge in [-0.3, -0.25) is 0 Å². The Bertz CT molecular complexity index is 969. The van der Waals surface area contributed by atoms with E-state index in [4.69, 9.17) is 11.6 Å². The fourth-order valence-electron chi connectivity index (χ4n) is 4.45. The predicted octanol–water partition coefficient (Wildman–Crippen LogP) is 5.96. The molecule has 24 heavy (non-hydrogen) atoms. The molecule has 3 aromatic rings. The van der Waals surface area contributed by atoms with E-state index in [-0.39, 0.29) is 0 Å². The molecule has 1 aliphatic heterocycles. The van der Waals surface area contributed by atoms with Crippen molar-refractivity contribution in [1.29, 1.82) is 0 Å². The number of hydrogen-bond donors (Lipinski definition) is 2. The molecule has 5 rings (SSSR count). The van der Waals surface area contributed by atoms with E-state index in [2.05, 4.69) is 65.9 Å². The maximum absolute atomic E-state index is 6.39. The van der Waals surface area contributed by atoms with Gasteiger partial charge in [0.15, 0.2) is 0 Å². The zero-order chi connectivity index (χ0) is 16.3. The third-order valence-corrected chi connectivity index (χ3v) is 6.10. The first-order valence-corrected chi connectivity index (χ1v) is 8.90. The molecule has 0 saturated carbocycles. The lowest BCUT2D eigenvalue weighted by atomic mass is 9.76. The minimum Gasteiger partial charge on any atom is -0.377 e. The van der Waals surface area contributed by atoms with Crippen LogP contribution in [0.4, 0.5) is 5.69 Å². The van der Waals surface area contributed by atoms with Gasteiger partial charge < -0.3 is 10.3 Å². The Balaban J connectivity index is 1.69. The molecule has 1 aromatic heterocycles. The van der Waals surface area contributed by atoms with Gasteiger partial charge in [-0.15, -0.1) is 0 Å². The summed E-state index contributed by atoms with van der Waals surface area (Å²) in [5.41, 5.74) is 6.30. The lowest BCUT2D eigenvalue weighted by molar-refractivity contribution is 0.427. The number of nitrogens with one attached hydrogen (secondary N) is 2. The molecule has 0 radical (unpaired) electrons. The Morgan fingerprint density at radius 2 is 1.96 bits per heavy atom. The summed E-state index contributed by atoms with van der Waals surface area (Å²) in [5, 5.41) is 5.97. The Morgan fingerprint density at radius 1 is 1.08 bits per heavy atom. The maximum Gasteiger partial charge on any atom is 0.0575 e. The van der Waals surface area contributed by atoms with Gasteiger partial charge in [0, 0.05) is 33.7 Å². The number of aromatic nitrogens is 1. The van der Waals surface area contributed by atoms with E-state index in [1.54, 1.807) is 0 Å². The van der Waals surface area contributed by atoms with Crippen molar-refractivity contribution in [2.45, 2.75) is 25.3 Å². The van der Waals surface area contributed by atoms with Crippen molar-refractivity contribution in [3.05, 3.63) is 76.5 Å². The summed E-state index contributed by atoms with van der Waals surface area (Å²) >= 11 is 6.39. The maximum atomic E-state index is 6.39. The van der Waals surface area contributed by atoms with Crippen LogP contribution in [0.25, 0.3) is 10.9 Å². The number of para-hydroxylation sites is 1. The van der Waals surface area contributed by atoms with Gasteiger partial charge in [-0.1, -0.05) is 48.0 Å². The number of hydrogen-bond acceptors (Lipinski definition) is 1. The van der Waals surface area contributed by atoms with Gasteiger partial charge in [0.25, 0.3) is 0 Å². The summed E-state index contributed by atoms with van der Waals surface area (Å²) in [6, 6.07) is 13.1. The average Bonchev–Trinajstić information content (AvgIpc) is 3.24.